The molecule has 1 fully saturated rings. The Labute approximate surface area is 247 Å². The topological polar surface area (TPSA) is 181 Å². The molecule has 3 heterocycles. The highest BCUT2D eigenvalue weighted by molar-refractivity contribution is 5.91. The number of methoxy groups -OCH3 is 1. The Hall–Kier alpha value is -4.82. The smallest absolute Gasteiger partial charge is 0.411 e. The highest BCUT2D eigenvalue weighted by Crippen LogP contribution is 2.33. The van der Waals surface area contributed by atoms with Crippen LogP contribution < -0.4 is 10.1 Å². The fraction of sp³-hybridized carbons (Fsp3) is 0.500. The first-order chi connectivity index (χ1) is 20.3. The fourth-order valence-corrected chi connectivity index (χ4v) is 4.52. The number of likely N-dealkylation sites (tertiary alicyclic amines) is 1. The number of nitrogens with one attached hydrogen (secondary N) is 1. The van der Waals surface area contributed by atoms with Crippen LogP contribution in [0, 0.1) is 16.0 Å². The molecule has 1 saturated heterocycles. The van der Waals surface area contributed by atoms with Crippen LogP contribution in [0.2, 0.25) is 0 Å². The summed E-state index contributed by atoms with van der Waals surface area (Å²) in [4.78, 5) is 63.3. The molecule has 0 bridgehead atoms. The average molecular weight is 598 g/mol. The number of amides is 2. The van der Waals surface area contributed by atoms with E-state index in [1.54, 1.807) is 51.3 Å². The number of non-ortho nitro benzene ring substituents is 1. The number of anilines is 1. The van der Waals surface area contributed by atoms with Crippen LogP contribution in [-0.2, 0) is 25.5 Å². The number of nitrogens with zero attached hydrogens (tertiary/aromatic N) is 6. The van der Waals surface area contributed by atoms with E-state index in [0.717, 1.165) is 5.56 Å². The van der Waals surface area contributed by atoms with Gasteiger partial charge in [0.05, 0.1) is 31.0 Å². The third kappa shape index (κ3) is 7.34. The van der Waals surface area contributed by atoms with Crippen molar-refractivity contribution in [3.8, 4) is 5.88 Å². The van der Waals surface area contributed by atoms with Crippen molar-refractivity contribution >= 4 is 40.8 Å². The maximum Gasteiger partial charge on any atom is 0.411 e. The van der Waals surface area contributed by atoms with Gasteiger partial charge in [-0.1, -0.05) is 26.0 Å². The van der Waals surface area contributed by atoms with Crippen LogP contribution in [0.15, 0.2) is 30.6 Å². The van der Waals surface area contributed by atoms with Crippen LogP contribution in [0.4, 0.5) is 16.4 Å². The van der Waals surface area contributed by atoms with Gasteiger partial charge in [-0.25, -0.2) is 14.6 Å². The number of benzene rings is 1. The lowest BCUT2D eigenvalue weighted by Gasteiger charge is -2.27. The second-order valence-corrected chi connectivity index (χ2v) is 11.4. The molecule has 0 spiro atoms. The minimum Gasteiger partial charge on any atom is -0.476 e. The third-order valence-corrected chi connectivity index (χ3v) is 6.70. The van der Waals surface area contributed by atoms with Gasteiger partial charge in [0.25, 0.3) is 5.69 Å². The summed E-state index contributed by atoms with van der Waals surface area (Å²) in [6.07, 6.45) is 1.51. The molecule has 2 aromatic heterocycles. The number of nitro benzene ring substituents is 1. The maximum atomic E-state index is 13.0. The van der Waals surface area contributed by atoms with Gasteiger partial charge in [-0.05, 0) is 26.3 Å². The monoisotopic (exact) mass is 597 g/mol. The molecule has 230 valence electrons. The SMILES string of the molecule is COC(=O)[C@@H]1C[C@H](n2cnc3c(OCCc4ccc([N+](=O)[O-])cc4)nc(NC(=O)C(C)C)nc32)CN1C(=O)OC(C)(C)C. The van der Waals surface area contributed by atoms with E-state index in [1.807, 2.05) is 0 Å². The third-order valence-electron chi connectivity index (χ3n) is 6.70. The van der Waals surface area contributed by atoms with E-state index in [4.69, 9.17) is 14.2 Å². The molecule has 1 N–H and O–H groups in total. The Morgan fingerprint density at radius 1 is 1.16 bits per heavy atom. The zero-order valence-electron chi connectivity index (χ0n) is 24.9. The van der Waals surface area contributed by atoms with E-state index in [-0.39, 0.29) is 48.9 Å². The van der Waals surface area contributed by atoms with Crippen LogP contribution in [0.5, 0.6) is 5.88 Å². The van der Waals surface area contributed by atoms with Crippen molar-refractivity contribution in [3.05, 3.63) is 46.3 Å². The Balaban J connectivity index is 1.64. The molecular formula is C28H35N7O8. The van der Waals surface area contributed by atoms with Crippen molar-refractivity contribution in [2.75, 3.05) is 25.6 Å². The fourth-order valence-electron chi connectivity index (χ4n) is 4.52. The van der Waals surface area contributed by atoms with Crippen molar-refractivity contribution in [1.82, 2.24) is 24.4 Å². The van der Waals surface area contributed by atoms with Gasteiger partial charge in [0.1, 0.15) is 11.6 Å². The van der Waals surface area contributed by atoms with Gasteiger partial charge < -0.3 is 18.8 Å². The van der Waals surface area contributed by atoms with Crippen LogP contribution >= 0.6 is 0 Å². The molecule has 0 radical (unpaired) electrons. The van der Waals surface area contributed by atoms with Gasteiger partial charge in [0, 0.05) is 37.4 Å². The summed E-state index contributed by atoms with van der Waals surface area (Å²) in [6.45, 7) is 8.96. The molecule has 2 atom stereocenters. The molecule has 2 amide bonds. The number of ether oxygens (including phenoxy) is 3. The van der Waals surface area contributed by atoms with Crippen LogP contribution in [0.25, 0.3) is 11.2 Å². The van der Waals surface area contributed by atoms with Crippen molar-refractivity contribution in [3.63, 3.8) is 0 Å². The van der Waals surface area contributed by atoms with E-state index in [9.17, 15) is 24.5 Å². The molecule has 0 aliphatic carbocycles. The summed E-state index contributed by atoms with van der Waals surface area (Å²) < 4.78 is 18.2. The summed E-state index contributed by atoms with van der Waals surface area (Å²) in [5, 5.41) is 13.6. The highest BCUT2D eigenvalue weighted by atomic mass is 16.6. The summed E-state index contributed by atoms with van der Waals surface area (Å²) >= 11 is 0. The zero-order valence-corrected chi connectivity index (χ0v) is 24.9. The lowest BCUT2D eigenvalue weighted by molar-refractivity contribution is -0.384. The number of hydrogen-bond acceptors (Lipinski definition) is 11. The second kappa shape index (κ2) is 12.6. The second-order valence-electron chi connectivity index (χ2n) is 11.4. The standard InChI is InChI=1S/C28H35N7O8/c1-16(2)23(36)31-26-30-22-21(24(32-26)42-12-11-17-7-9-18(10-8-17)35(39)40)29-15-34(22)19-13-20(25(37)41-6)33(14-19)27(38)43-28(3,4)5/h7-10,15-16,19-20H,11-14H2,1-6H3,(H,30,31,32,36)/t19-,20-/m0/s1. The van der Waals surface area contributed by atoms with Gasteiger partial charge in [0.2, 0.25) is 17.7 Å². The predicted octanol–water partition coefficient (Wildman–Crippen LogP) is 3.67. The first-order valence-electron chi connectivity index (χ1n) is 13.8. The van der Waals surface area contributed by atoms with E-state index < -0.39 is 34.7 Å². The highest BCUT2D eigenvalue weighted by Gasteiger charge is 2.43. The average Bonchev–Trinajstić information content (AvgIpc) is 3.57. The van der Waals surface area contributed by atoms with Crippen LogP contribution in [0.3, 0.4) is 0 Å². The molecule has 1 aliphatic rings. The summed E-state index contributed by atoms with van der Waals surface area (Å²) in [5.74, 6) is -1.09. The largest absolute Gasteiger partial charge is 0.476 e. The molecule has 1 aromatic carbocycles. The summed E-state index contributed by atoms with van der Waals surface area (Å²) in [7, 11) is 1.26. The molecule has 0 unspecified atom stereocenters. The van der Waals surface area contributed by atoms with Crippen molar-refractivity contribution in [1.29, 1.82) is 0 Å². The van der Waals surface area contributed by atoms with Gasteiger partial charge >= 0.3 is 12.1 Å². The van der Waals surface area contributed by atoms with Gasteiger partial charge in [0.15, 0.2) is 11.2 Å². The van der Waals surface area contributed by atoms with Crippen molar-refractivity contribution in [2.45, 2.75) is 65.1 Å². The molecule has 0 saturated carbocycles. The van der Waals surface area contributed by atoms with E-state index in [1.165, 1.54) is 30.5 Å². The van der Waals surface area contributed by atoms with E-state index in [2.05, 4.69) is 20.3 Å². The first-order valence-corrected chi connectivity index (χ1v) is 13.8. The Morgan fingerprint density at radius 3 is 2.47 bits per heavy atom. The lowest BCUT2D eigenvalue weighted by Crippen LogP contribution is -2.43. The van der Waals surface area contributed by atoms with Crippen LogP contribution in [-0.4, -0.2) is 79.2 Å². The molecule has 1 aliphatic heterocycles. The van der Waals surface area contributed by atoms with Gasteiger partial charge in [-0.3, -0.25) is 25.1 Å². The maximum absolute atomic E-state index is 13.0. The first kappa shape index (κ1) is 31.1. The Morgan fingerprint density at radius 2 is 1.86 bits per heavy atom. The number of rotatable bonds is 9. The normalized spacial score (nSPS) is 16.8. The van der Waals surface area contributed by atoms with Crippen molar-refractivity contribution in [2.24, 2.45) is 5.92 Å². The minimum atomic E-state index is -0.887. The predicted molar refractivity (Wildman–Crippen MR) is 153 cm³/mol. The molecule has 15 heteroatoms. The van der Waals surface area contributed by atoms with Gasteiger partial charge in [-0.2, -0.15) is 9.97 Å². The summed E-state index contributed by atoms with van der Waals surface area (Å²) in [6, 6.07) is 4.81. The molecule has 15 nitrogen and oxygen atoms in total. The van der Waals surface area contributed by atoms with Crippen molar-refractivity contribution < 1.29 is 33.5 Å². The van der Waals surface area contributed by atoms with Crippen LogP contribution in [0.1, 0.15) is 52.6 Å². The zero-order chi connectivity index (χ0) is 31.5. The number of fused-ring (bicyclic) bond motifs is 1. The number of hydrogen-bond donors (Lipinski definition) is 1. The number of aromatic nitrogens is 4. The Kier molecular flexibility index (Phi) is 9.11. The molecule has 4 rings (SSSR count). The number of imidazole rings is 1. The van der Waals surface area contributed by atoms with Gasteiger partial charge in [-0.15, -0.1) is 0 Å². The molecular weight excluding hydrogens is 562 g/mol. The summed E-state index contributed by atoms with van der Waals surface area (Å²) in [5.41, 5.74) is 0.687. The molecule has 43 heavy (non-hydrogen) atoms. The van der Waals surface area contributed by atoms with E-state index >= 15 is 0 Å². The minimum absolute atomic E-state index is 0.00444. The lowest BCUT2D eigenvalue weighted by atomic mass is 10.1. The number of esters is 1. The number of carbonyl (C=O) groups is 3. The molecule has 3 aromatic rings. The quantitative estimate of drug-likeness (QED) is 0.216. The Bertz CT molecular complexity index is 1510. The van der Waals surface area contributed by atoms with E-state index in [0.29, 0.717) is 17.6 Å². The number of carbonyl (C=O) groups excluding carboxylic acids is 3. The number of nitro groups is 1.